The van der Waals surface area contributed by atoms with Crippen LogP contribution in [0.1, 0.15) is 38.5 Å². The molecule has 0 aromatic carbocycles. The van der Waals surface area contributed by atoms with Gasteiger partial charge in [-0.05, 0) is 51.7 Å². The molecule has 0 radical (unpaired) electrons. The summed E-state index contributed by atoms with van der Waals surface area (Å²) in [5.41, 5.74) is 10.7. The Hall–Kier alpha value is -1.56. The number of hydrogen-bond acceptors (Lipinski definition) is 8. The first kappa shape index (κ1) is 28.4. The summed E-state index contributed by atoms with van der Waals surface area (Å²) in [6, 6.07) is -2.52. The van der Waals surface area contributed by atoms with Crippen LogP contribution in [-0.2, 0) is 18.9 Å². The van der Waals surface area contributed by atoms with Crippen LogP contribution in [0.15, 0.2) is 0 Å². The van der Waals surface area contributed by atoms with Crippen molar-refractivity contribution in [1.82, 2.24) is 16.0 Å². The summed E-state index contributed by atoms with van der Waals surface area (Å²) in [4.78, 5) is 44.4. The van der Waals surface area contributed by atoms with Gasteiger partial charge in [0.1, 0.15) is 12.1 Å². The number of amides is 2. The number of aliphatic carboxylic acids is 1. The van der Waals surface area contributed by atoms with Gasteiger partial charge >= 0.3 is 5.97 Å². The fourth-order valence-corrected chi connectivity index (χ4v) is 3.68. The highest BCUT2D eigenvalue weighted by Crippen LogP contribution is 2.39. The maximum Gasteiger partial charge on any atom is 0.320 e. The summed E-state index contributed by atoms with van der Waals surface area (Å²) in [7, 11) is -3.59. The van der Waals surface area contributed by atoms with E-state index in [-0.39, 0.29) is 19.0 Å². The largest absolute Gasteiger partial charge is 0.480 e. The molecular weight excluding hydrogens is 417 g/mol. The van der Waals surface area contributed by atoms with Gasteiger partial charge in [0.25, 0.3) is 0 Å². The minimum atomic E-state index is -3.59. The second-order valence-electron chi connectivity index (χ2n) is 7.01. The number of carbonyl (C=O) groups excluding carboxylic acids is 2. The van der Waals surface area contributed by atoms with Crippen molar-refractivity contribution in [2.75, 3.05) is 38.7 Å². The molecule has 0 aliphatic heterocycles. The average molecular weight is 453 g/mol. The Morgan fingerprint density at radius 1 is 1.07 bits per heavy atom. The maximum absolute atomic E-state index is 12.2. The fraction of sp³-hybridized carbons (Fsp3) is 0.824. The minimum absolute atomic E-state index is 0.0426. The molecule has 0 fully saturated rings. The van der Waals surface area contributed by atoms with E-state index in [4.69, 9.17) is 16.6 Å². The maximum atomic E-state index is 12.2. The molecule has 13 heteroatoms. The third-order valence-corrected chi connectivity index (χ3v) is 5.92. The first-order valence-corrected chi connectivity index (χ1v) is 12.0. The van der Waals surface area contributed by atoms with E-state index in [9.17, 15) is 28.9 Å². The smallest absolute Gasteiger partial charge is 0.320 e. The van der Waals surface area contributed by atoms with Crippen LogP contribution in [0, 0.1) is 0 Å². The molecule has 10 N–H and O–H groups in total. The molecule has 0 bridgehead atoms. The molecule has 12 nitrogen and oxygen atoms in total. The number of carboxylic acids is 1. The molecule has 0 rings (SSSR count). The summed E-state index contributed by atoms with van der Waals surface area (Å²) in [5, 5.41) is 25.7. The van der Waals surface area contributed by atoms with Crippen molar-refractivity contribution in [3.05, 3.63) is 0 Å². The fourth-order valence-electron chi connectivity index (χ4n) is 2.40. The zero-order valence-corrected chi connectivity index (χ0v) is 18.1. The molecule has 0 saturated carbocycles. The number of unbranched alkanes of at least 4 members (excludes halogenated alkanes) is 2. The molecule has 1 unspecified atom stereocenters. The number of aliphatic hydroxyl groups excluding tert-OH is 1. The molecule has 2 amide bonds. The highest BCUT2D eigenvalue weighted by Gasteiger charge is 2.24. The van der Waals surface area contributed by atoms with E-state index in [0.717, 1.165) is 32.4 Å². The lowest BCUT2D eigenvalue weighted by atomic mass is 10.1. The highest BCUT2D eigenvalue weighted by atomic mass is 31.2. The summed E-state index contributed by atoms with van der Waals surface area (Å²) >= 11 is 0. The van der Waals surface area contributed by atoms with Crippen molar-refractivity contribution in [3.8, 4) is 0 Å². The van der Waals surface area contributed by atoms with E-state index in [1.807, 2.05) is 0 Å². The van der Waals surface area contributed by atoms with Gasteiger partial charge in [-0.15, -0.1) is 0 Å². The van der Waals surface area contributed by atoms with Gasteiger partial charge in [-0.25, -0.2) is 0 Å². The lowest BCUT2D eigenvalue weighted by Crippen LogP contribution is -2.49. The SMILES string of the molecule is NCCCCNCCCCP(=O)(O)CNC(=O)[C@H](CO)NC(=O)CC[C@H](N)C(=O)O. The van der Waals surface area contributed by atoms with Crippen molar-refractivity contribution >= 4 is 25.2 Å². The Kier molecular flexibility index (Phi) is 15.3. The van der Waals surface area contributed by atoms with Crippen molar-refractivity contribution < 1.29 is 34.1 Å². The van der Waals surface area contributed by atoms with Gasteiger partial charge < -0.3 is 42.5 Å². The Morgan fingerprint density at radius 2 is 1.70 bits per heavy atom. The van der Waals surface area contributed by atoms with E-state index in [1.54, 1.807) is 0 Å². The Morgan fingerprint density at radius 3 is 2.27 bits per heavy atom. The van der Waals surface area contributed by atoms with Crippen LogP contribution in [0.3, 0.4) is 0 Å². The molecule has 30 heavy (non-hydrogen) atoms. The molecule has 0 heterocycles. The monoisotopic (exact) mass is 453 g/mol. The first-order valence-electron chi connectivity index (χ1n) is 10.0. The molecule has 176 valence electrons. The normalized spacial score (nSPS) is 15.1. The molecule has 0 aromatic rings. The number of carboxylic acid groups (broad SMARTS) is 1. The van der Waals surface area contributed by atoms with Gasteiger partial charge in [0.2, 0.25) is 19.2 Å². The van der Waals surface area contributed by atoms with Crippen LogP contribution in [0.25, 0.3) is 0 Å². The lowest BCUT2D eigenvalue weighted by Gasteiger charge is -2.18. The third-order valence-electron chi connectivity index (χ3n) is 4.25. The average Bonchev–Trinajstić information content (AvgIpc) is 2.70. The topological polar surface area (TPSA) is 217 Å². The van der Waals surface area contributed by atoms with Crippen LogP contribution in [-0.4, -0.2) is 83.7 Å². The number of aliphatic hydroxyl groups is 1. The van der Waals surface area contributed by atoms with Crippen molar-refractivity contribution in [3.63, 3.8) is 0 Å². The molecule has 3 atom stereocenters. The van der Waals surface area contributed by atoms with Gasteiger partial charge in [-0.1, -0.05) is 0 Å². The summed E-state index contributed by atoms with van der Waals surface area (Å²) < 4.78 is 12.2. The van der Waals surface area contributed by atoms with Gasteiger partial charge in [-0.2, -0.15) is 0 Å². The van der Waals surface area contributed by atoms with E-state index in [0.29, 0.717) is 13.0 Å². The van der Waals surface area contributed by atoms with Gasteiger partial charge in [0.05, 0.1) is 12.9 Å². The van der Waals surface area contributed by atoms with Gasteiger partial charge in [-0.3, -0.25) is 18.9 Å². The summed E-state index contributed by atoms with van der Waals surface area (Å²) in [6.45, 7) is 1.51. The molecule has 0 spiro atoms. The quantitative estimate of drug-likeness (QED) is 0.0852. The first-order chi connectivity index (χ1) is 14.1. The van der Waals surface area contributed by atoms with E-state index in [1.165, 1.54) is 0 Å². The van der Waals surface area contributed by atoms with Crippen LogP contribution in [0.4, 0.5) is 0 Å². The van der Waals surface area contributed by atoms with Gasteiger partial charge in [0.15, 0.2) is 0 Å². The molecule has 0 aromatic heterocycles. The van der Waals surface area contributed by atoms with E-state index < -0.39 is 50.1 Å². The lowest BCUT2D eigenvalue weighted by molar-refractivity contribution is -0.139. The molecule has 0 aliphatic rings. The van der Waals surface area contributed by atoms with Crippen LogP contribution in [0.2, 0.25) is 0 Å². The second kappa shape index (κ2) is 16.2. The van der Waals surface area contributed by atoms with Crippen LogP contribution >= 0.6 is 7.37 Å². The Labute approximate surface area is 176 Å². The number of hydrogen-bond donors (Lipinski definition) is 8. The Balaban J connectivity index is 4.15. The minimum Gasteiger partial charge on any atom is -0.480 e. The van der Waals surface area contributed by atoms with Crippen molar-refractivity contribution in [1.29, 1.82) is 0 Å². The van der Waals surface area contributed by atoms with Crippen LogP contribution in [0.5, 0.6) is 0 Å². The summed E-state index contributed by atoms with van der Waals surface area (Å²) in [5.74, 6) is -2.71. The predicted molar refractivity (Wildman–Crippen MR) is 112 cm³/mol. The highest BCUT2D eigenvalue weighted by molar-refractivity contribution is 7.57. The molecular formula is C17H36N5O7P. The standard InChI is InChI=1S/C17H36N5O7P/c18-7-1-2-8-20-9-3-4-10-30(28,29)12-21-16(25)14(11-23)22-15(24)6-5-13(19)17(26)27/h13-14,20,23H,1-12,18-19H2,(H,21,25)(H,22,24)(H,26,27)(H,28,29)/t13-,14-/m0/s1. The number of nitrogens with two attached hydrogens (primary N) is 2. The second-order valence-corrected chi connectivity index (χ2v) is 9.46. The molecule has 0 aliphatic carbocycles. The van der Waals surface area contributed by atoms with Crippen molar-refractivity contribution in [2.24, 2.45) is 11.5 Å². The number of rotatable bonds is 18. The number of nitrogens with one attached hydrogen (secondary N) is 3. The number of carbonyl (C=O) groups is 3. The summed E-state index contributed by atoms with van der Waals surface area (Å²) in [6.07, 6.45) is 2.36. The van der Waals surface area contributed by atoms with Gasteiger partial charge in [0, 0.05) is 12.6 Å². The zero-order valence-electron chi connectivity index (χ0n) is 17.2. The van der Waals surface area contributed by atoms with Crippen LogP contribution < -0.4 is 27.4 Å². The molecule has 0 saturated heterocycles. The van der Waals surface area contributed by atoms with E-state index in [2.05, 4.69) is 16.0 Å². The predicted octanol–water partition coefficient (Wildman–Crippen LogP) is -1.89. The zero-order chi connectivity index (χ0) is 23.0. The van der Waals surface area contributed by atoms with Crippen molar-refractivity contribution in [2.45, 2.75) is 50.6 Å². The Bertz CT molecular complexity index is 579. The third kappa shape index (κ3) is 14.4. The van der Waals surface area contributed by atoms with E-state index >= 15 is 0 Å².